The van der Waals surface area contributed by atoms with Gasteiger partial charge >= 0.3 is 0 Å². The van der Waals surface area contributed by atoms with E-state index in [-0.39, 0.29) is 5.82 Å². The van der Waals surface area contributed by atoms with Gasteiger partial charge in [-0.15, -0.1) is 0 Å². The first-order chi connectivity index (χ1) is 9.15. The first-order valence-corrected chi connectivity index (χ1v) is 7.94. The monoisotopic (exact) mass is 385 g/mol. The van der Waals surface area contributed by atoms with Crippen LogP contribution < -0.4 is 4.90 Å². The first kappa shape index (κ1) is 14.5. The van der Waals surface area contributed by atoms with Crippen molar-refractivity contribution in [3.8, 4) is 0 Å². The van der Waals surface area contributed by atoms with Crippen LogP contribution in [0.3, 0.4) is 0 Å². The highest BCUT2D eigenvalue weighted by Crippen LogP contribution is 2.32. The minimum absolute atomic E-state index is 0.213. The Kier molecular flexibility index (Phi) is 4.99. The molecule has 2 aromatic rings. The van der Waals surface area contributed by atoms with Gasteiger partial charge in [0.25, 0.3) is 0 Å². The van der Waals surface area contributed by atoms with Gasteiger partial charge in [0.1, 0.15) is 5.82 Å². The lowest BCUT2D eigenvalue weighted by Crippen LogP contribution is -2.17. The van der Waals surface area contributed by atoms with Crippen LogP contribution >= 0.6 is 31.9 Å². The summed E-state index contributed by atoms with van der Waals surface area (Å²) in [6.07, 6.45) is 0. The molecule has 0 spiro atoms. The molecule has 2 rings (SSSR count). The Morgan fingerprint density at radius 1 is 1.11 bits per heavy atom. The molecule has 0 heterocycles. The minimum Gasteiger partial charge on any atom is -0.341 e. The molecule has 0 radical (unpaired) electrons. The van der Waals surface area contributed by atoms with Crippen LogP contribution in [0.15, 0.2) is 46.9 Å². The van der Waals surface area contributed by atoms with Gasteiger partial charge in [0.05, 0.1) is 0 Å². The van der Waals surface area contributed by atoms with Gasteiger partial charge in [-0.3, -0.25) is 0 Å². The van der Waals surface area contributed by atoms with E-state index in [0.29, 0.717) is 0 Å². The summed E-state index contributed by atoms with van der Waals surface area (Å²) < 4.78 is 14.1. The average Bonchev–Trinajstić information content (AvgIpc) is 2.42. The molecule has 0 aliphatic carbocycles. The number of halogens is 3. The molecular weight excluding hydrogens is 373 g/mol. The van der Waals surface area contributed by atoms with Gasteiger partial charge < -0.3 is 4.90 Å². The lowest BCUT2D eigenvalue weighted by atomic mass is 10.1. The molecular formula is C15H14Br2FN. The summed E-state index contributed by atoms with van der Waals surface area (Å²) in [4.78, 5) is 2.17. The molecule has 4 heteroatoms. The first-order valence-electron chi connectivity index (χ1n) is 6.03. The number of alkyl halides is 1. The molecule has 2 aromatic carbocycles. The van der Waals surface area contributed by atoms with Crippen molar-refractivity contribution in [3.63, 3.8) is 0 Å². The maximum absolute atomic E-state index is 13.0. The van der Waals surface area contributed by atoms with Gasteiger partial charge in [-0.1, -0.05) is 37.9 Å². The van der Waals surface area contributed by atoms with Crippen LogP contribution in [-0.2, 0) is 5.33 Å². The second kappa shape index (κ2) is 6.53. The molecule has 0 fully saturated rings. The highest BCUT2D eigenvalue weighted by Gasteiger charge is 2.12. The van der Waals surface area contributed by atoms with Gasteiger partial charge in [-0.05, 0) is 48.9 Å². The summed E-state index contributed by atoms with van der Waals surface area (Å²) >= 11 is 7.02. The molecule has 0 saturated carbocycles. The Balaban J connectivity index is 2.47. The summed E-state index contributed by atoms with van der Waals surface area (Å²) in [6.45, 7) is 2.91. The fourth-order valence-corrected chi connectivity index (χ4v) is 2.84. The van der Waals surface area contributed by atoms with E-state index in [1.165, 1.54) is 17.7 Å². The van der Waals surface area contributed by atoms with Crippen LogP contribution in [0.5, 0.6) is 0 Å². The summed E-state index contributed by atoms with van der Waals surface area (Å²) in [7, 11) is 0. The van der Waals surface area contributed by atoms with E-state index < -0.39 is 0 Å². The standard InChI is InChI=1S/C15H14Br2FN/c1-2-19(14-7-5-13(18)6-8-14)15-9-12(17)4-3-11(15)10-16/h3-9H,2,10H2,1H3. The molecule has 0 atom stereocenters. The summed E-state index contributed by atoms with van der Waals surface area (Å²) in [5.74, 6) is -0.213. The van der Waals surface area contributed by atoms with Gasteiger partial charge in [-0.25, -0.2) is 4.39 Å². The Morgan fingerprint density at radius 2 is 1.79 bits per heavy atom. The third-order valence-electron chi connectivity index (χ3n) is 2.94. The van der Waals surface area contributed by atoms with Crippen molar-refractivity contribution >= 4 is 43.2 Å². The molecule has 0 unspecified atom stereocenters. The summed E-state index contributed by atoms with van der Waals surface area (Å²) in [5.41, 5.74) is 3.32. The minimum atomic E-state index is -0.213. The molecule has 0 aliphatic rings. The van der Waals surface area contributed by atoms with Crippen LogP contribution in [0, 0.1) is 5.82 Å². The molecule has 0 aromatic heterocycles. The number of hydrogen-bond acceptors (Lipinski definition) is 1. The third-order valence-corrected chi connectivity index (χ3v) is 4.03. The van der Waals surface area contributed by atoms with Crippen molar-refractivity contribution in [1.29, 1.82) is 0 Å². The summed E-state index contributed by atoms with van der Waals surface area (Å²) in [6, 6.07) is 12.8. The zero-order valence-electron chi connectivity index (χ0n) is 10.5. The zero-order valence-corrected chi connectivity index (χ0v) is 13.7. The molecule has 19 heavy (non-hydrogen) atoms. The van der Waals surface area contributed by atoms with E-state index in [1.807, 2.05) is 6.07 Å². The lowest BCUT2D eigenvalue weighted by molar-refractivity contribution is 0.628. The SMILES string of the molecule is CCN(c1ccc(F)cc1)c1cc(Br)ccc1CBr. The van der Waals surface area contributed by atoms with E-state index in [9.17, 15) is 4.39 Å². The number of benzene rings is 2. The predicted molar refractivity (Wildman–Crippen MR) is 85.9 cm³/mol. The third kappa shape index (κ3) is 3.37. The van der Waals surface area contributed by atoms with Crippen molar-refractivity contribution in [2.75, 3.05) is 11.4 Å². The lowest BCUT2D eigenvalue weighted by Gasteiger charge is -2.26. The van der Waals surface area contributed by atoms with Crippen molar-refractivity contribution in [2.24, 2.45) is 0 Å². The number of anilines is 2. The van der Waals surface area contributed by atoms with Crippen molar-refractivity contribution in [3.05, 3.63) is 58.3 Å². The van der Waals surface area contributed by atoms with Crippen molar-refractivity contribution < 1.29 is 4.39 Å². The van der Waals surface area contributed by atoms with Crippen molar-refractivity contribution in [1.82, 2.24) is 0 Å². The fourth-order valence-electron chi connectivity index (χ4n) is 2.01. The topological polar surface area (TPSA) is 3.24 Å². The second-order valence-corrected chi connectivity index (χ2v) is 5.60. The predicted octanol–water partition coefficient (Wildman–Crippen LogP) is 5.64. The molecule has 0 N–H and O–H groups in total. The van der Waals surface area contributed by atoms with Crippen LogP contribution in [0.2, 0.25) is 0 Å². The smallest absolute Gasteiger partial charge is 0.123 e. The Bertz CT molecular complexity index is 555. The van der Waals surface area contributed by atoms with E-state index in [1.54, 1.807) is 12.1 Å². The fraction of sp³-hybridized carbons (Fsp3) is 0.200. The van der Waals surface area contributed by atoms with Gasteiger partial charge in [0.2, 0.25) is 0 Å². The number of nitrogens with zero attached hydrogens (tertiary/aromatic N) is 1. The zero-order chi connectivity index (χ0) is 13.8. The molecule has 0 amide bonds. The van der Waals surface area contributed by atoms with Crippen LogP contribution in [0.1, 0.15) is 12.5 Å². The van der Waals surface area contributed by atoms with Gasteiger partial charge in [0, 0.05) is 27.7 Å². The molecule has 0 bridgehead atoms. The van der Waals surface area contributed by atoms with E-state index in [0.717, 1.165) is 27.7 Å². The van der Waals surface area contributed by atoms with Crippen LogP contribution in [-0.4, -0.2) is 6.54 Å². The summed E-state index contributed by atoms with van der Waals surface area (Å²) in [5, 5.41) is 0.785. The van der Waals surface area contributed by atoms with Crippen LogP contribution in [0.25, 0.3) is 0 Å². The molecule has 0 aliphatic heterocycles. The molecule has 0 saturated heterocycles. The van der Waals surface area contributed by atoms with Crippen molar-refractivity contribution in [2.45, 2.75) is 12.3 Å². The van der Waals surface area contributed by atoms with Gasteiger partial charge in [0.15, 0.2) is 0 Å². The maximum Gasteiger partial charge on any atom is 0.123 e. The number of hydrogen-bond donors (Lipinski definition) is 0. The second-order valence-electron chi connectivity index (χ2n) is 4.13. The Morgan fingerprint density at radius 3 is 2.37 bits per heavy atom. The molecule has 100 valence electrons. The normalized spacial score (nSPS) is 10.5. The van der Waals surface area contributed by atoms with Crippen LogP contribution in [0.4, 0.5) is 15.8 Å². The maximum atomic E-state index is 13.0. The van der Waals surface area contributed by atoms with E-state index in [2.05, 4.69) is 55.8 Å². The Hall–Kier alpha value is -0.870. The van der Waals surface area contributed by atoms with Gasteiger partial charge in [-0.2, -0.15) is 0 Å². The Labute approximate surface area is 129 Å². The van der Waals surface area contributed by atoms with E-state index >= 15 is 0 Å². The highest BCUT2D eigenvalue weighted by atomic mass is 79.9. The quantitative estimate of drug-likeness (QED) is 0.614. The van der Waals surface area contributed by atoms with E-state index in [4.69, 9.17) is 0 Å². The largest absolute Gasteiger partial charge is 0.341 e. The number of rotatable bonds is 4. The highest BCUT2D eigenvalue weighted by molar-refractivity contribution is 9.10. The molecule has 1 nitrogen and oxygen atoms in total. The average molecular weight is 387 g/mol.